The maximum Gasteiger partial charge on any atom is 0.224 e. The van der Waals surface area contributed by atoms with Gasteiger partial charge in [-0.05, 0) is 32.3 Å². The zero-order chi connectivity index (χ0) is 12.0. The van der Waals surface area contributed by atoms with Crippen molar-refractivity contribution in [2.24, 2.45) is 0 Å². The molecule has 1 aromatic rings. The van der Waals surface area contributed by atoms with Gasteiger partial charge in [0.15, 0.2) is 0 Å². The van der Waals surface area contributed by atoms with E-state index in [1.54, 1.807) is 0 Å². The summed E-state index contributed by atoms with van der Waals surface area (Å²) in [5.41, 5.74) is 1.08. The summed E-state index contributed by atoms with van der Waals surface area (Å²) in [6.07, 6.45) is 5.10. The zero-order valence-electron chi connectivity index (χ0n) is 10.4. The fraction of sp³-hybridized carbons (Fsp3) is 0.636. The van der Waals surface area contributed by atoms with Gasteiger partial charge in [-0.15, -0.1) is 0 Å². The zero-order valence-corrected chi connectivity index (χ0v) is 11.2. The Bertz CT molecular complexity index is 330. The largest absolute Gasteiger partial charge is 0.367 e. The molecule has 1 heterocycles. The molecular formula is C11H20N4S. The Hall–Kier alpha value is -0.970. The van der Waals surface area contributed by atoms with E-state index in [1.807, 2.05) is 31.9 Å². The molecule has 0 aliphatic rings. The number of hydrogen-bond acceptors (Lipinski definition) is 5. The quantitative estimate of drug-likeness (QED) is 0.799. The Kier molecular flexibility index (Phi) is 5.38. The molecule has 90 valence electrons. The number of rotatable bonds is 6. The summed E-state index contributed by atoms with van der Waals surface area (Å²) in [6, 6.07) is 0.436. The molecule has 0 aromatic carbocycles. The van der Waals surface area contributed by atoms with E-state index >= 15 is 0 Å². The maximum absolute atomic E-state index is 4.40. The number of aryl methyl sites for hydroxylation is 1. The van der Waals surface area contributed by atoms with Gasteiger partial charge in [-0.3, -0.25) is 0 Å². The van der Waals surface area contributed by atoms with E-state index in [9.17, 15) is 0 Å². The van der Waals surface area contributed by atoms with Crippen molar-refractivity contribution in [3.63, 3.8) is 0 Å². The average Bonchev–Trinajstić information content (AvgIpc) is 2.29. The summed E-state index contributed by atoms with van der Waals surface area (Å²) in [7, 11) is 1.82. The number of anilines is 2. The van der Waals surface area contributed by atoms with Gasteiger partial charge in [-0.2, -0.15) is 16.7 Å². The molecule has 0 saturated carbocycles. The van der Waals surface area contributed by atoms with Crippen LogP contribution in [0.15, 0.2) is 6.20 Å². The summed E-state index contributed by atoms with van der Waals surface area (Å²) in [5, 5.41) is 6.36. The minimum atomic E-state index is 0.436. The molecule has 0 aliphatic carbocycles. The van der Waals surface area contributed by atoms with Gasteiger partial charge in [0.1, 0.15) is 5.82 Å². The number of hydrogen-bond donors (Lipinski definition) is 2. The summed E-state index contributed by atoms with van der Waals surface area (Å²) in [6.45, 7) is 4.19. The average molecular weight is 240 g/mol. The van der Waals surface area contributed by atoms with Crippen molar-refractivity contribution in [3.8, 4) is 0 Å². The monoisotopic (exact) mass is 240 g/mol. The second kappa shape index (κ2) is 6.58. The number of nitrogens with zero attached hydrogens (tertiary/aromatic N) is 2. The van der Waals surface area contributed by atoms with Gasteiger partial charge in [0.25, 0.3) is 0 Å². The van der Waals surface area contributed by atoms with Crippen molar-refractivity contribution in [2.45, 2.75) is 26.3 Å². The molecular weight excluding hydrogens is 220 g/mol. The van der Waals surface area contributed by atoms with E-state index in [4.69, 9.17) is 0 Å². The minimum Gasteiger partial charge on any atom is -0.367 e. The Morgan fingerprint density at radius 1 is 1.50 bits per heavy atom. The second-order valence-electron chi connectivity index (χ2n) is 3.80. The third kappa shape index (κ3) is 3.89. The lowest BCUT2D eigenvalue weighted by molar-refractivity contribution is 0.765. The first-order chi connectivity index (χ1) is 7.67. The fourth-order valence-electron chi connectivity index (χ4n) is 1.31. The highest BCUT2D eigenvalue weighted by molar-refractivity contribution is 7.98. The van der Waals surface area contributed by atoms with Crippen LogP contribution in [0, 0.1) is 6.92 Å². The smallest absolute Gasteiger partial charge is 0.224 e. The Morgan fingerprint density at radius 3 is 2.88 bits per heavy atom. The lowest BCUT2D eigenvalue weighted by Crippen LogP contribution is -2.18. The van der Waals surface area contributed by atoms with Crippen molar-refractivity contribution in [1.29, 1.82) is 0 Å². The molecule has 0 amide bonds. The van der Waals surface area contributed by atoms with Crippen LogP contribution in [0.2, 0.25) is 0 Å². The first-order valence-corrected chi connectivity index (χ1v) is 6.83. The van der Waals surface area contributed by atoms with Gasteiger partial charge in [0.05, 0.1) is 0 Å². The van der Waals surface area contributed by atoms with Crippen LogP contribution in [0.3, 0.4) is 0 Å². The van der Waals surface area contributed by atoms with Crippen LogP contribution in [-0.2, 0) is 0 Å². The molecule has 0 bridgehead atoms. The molecule has 4 nitrogen and oxygen atoms in total. The number of thioether (sulfide) groups is 1. The molecule has 5 heteroatoms. The molecule has 1 aromatic heterocycles. The van der Waals surface area contributed by atoms with E-state index < -0.39 is 0 Å². The predicted octanol–water partition coefficient (Wildman–Crippen LogP) is 2.38. The van der Waals surface area contributed by atoms with Crippen LogP contribution in [-0.4, -0.2) is 35.1 Å². The molecule has 16 heavy (non-hydrogen) atoms. The predicted molar refractivity (Wildman–Crippen MR) is 72.4 cm³/mol. The maximum atomic E-state index is 4.40. The number of aromatic nitrogens is 2. The lowest BCUT2D eigenvalue weighted by Gasteiger charge is -2.15. The molecule has 0 aliphatic heterocycles. The van der Waals surface area contributed by atoms with Crippen LogP contribution >= 0.6 is 11.8 Å². The van der Waals surface area contributed by atoms with Crippen molar-refractivity contribution >= 4 is 23.5 Å². The highest BCUT2D eigenvalue weighted by Crippen LogP contribution is 2.14. The SMILES string of the molecule is CNc1ncc(C)c(NC(C)CCSC)n1. The van der Waals surface area contributed by atoms with Gasteiger partial charge < -0.3 is 10.6 Å². The summed E-state index contributed by atoms with van der Waals surface area (Å²) in [5.74, 6) is 2.75. The summed E-state index contributed by atoms with van der Waals surface area (Å²) < 4.78 is 0. The highest BCUT2D eigenvalue weighted by Gasteiger charge is 2.06. The van der Waals surface area contributed by atoms with Crippen LogP contribution in [0.25, 0.3) is 0 Å². The minimum absolute atomic E-state index is 0.436. The molecule has 1 atom stereocenters. The lowest BCUT2D eigenvalue weighted by atomic mass is 10.2. The summed E-state index contributed by atoms with van der Waals surface area (Å²) in [4.78, 5) is 8.56. The van der Waals surface area contributed by atoms with Gasteiger partial charge in [0.2, 0.25) is 5.95 Å². The van der Waals surface area contributed by atoms with Crippen LogP contribution < -0.4 is 10.6 Å². The number of nitrogens with one attached hydrogen (secondary N) is 2. The Morgan fingerprint density at radius 2 is 2.25 bits per heavy atom. The van der Waals surface area contributed by atoms with Crippen molar-refractivity contribution in [1.82, 2.24) is 9.97 Å². The molecule has 0 saturated heterocycles. The summed E-state index contributed by atoms with van der Waals surface area (Å²) >= 11 is 1.87. The van der Waals surface area contributed by atoms with Gasteiger partial charge >= 0.3 is 0 Å². The second-order valence-corrected chi connectivity index (χ2v) is 4.79. The third-order valence-electron chi connectivity index (χ3n) is 2.33. The van der Waals surface area contributed by atoms with Gasteiger partial charge in [0, 0.05) is 24.8 Å². The first kappa shape index (κ1) is 13.1. The van der Waals surface area contributed by atoms with E-state index in [0.717, 1.165) is 23.6 Å². The fourth-order valence-corrected chi connectivity index (χ4v) is 1.90. The topological polar surface area (TPSA) is 49.8 Å². The van der Waals surface area contributed by atoms with Crippen LogP contribution in [0.5, 0.6) is 0 Å². The van der Waals surface area contributed by atoms with E-state index in [1.165, 1.54) is 0 Å². The Labute approximate surface area is 102 Å². The van der Waals surface area contributed by atoms with Gasteiger partial charge in [-0.25, -0.2) is 4.98 Å². The van der Waals surface area contributed by atoms with Crippen LogP contribution in [0.1, 0.15) is 18.9 Å². The van der Waals surface area contributed by atoms with E-state index in [-0.39, 0.29) is 0 Å². The molecule has 0 fully saturated rings. The normalized spacial score (nSPS) is 12.2. The van der Waals surface area contributed by atoms with Crippen molar-refractivity contribution < 1.29 is 0 Å². The molecule has 2 N–H and O–H groups in total. The van der Waals surface area contributed by atoms with E-state index in [2.05, 4.69) is 33.8 Å². The molecule has 0 spiro atoms. The first-order valence-electron chi connectivity index (χ1n) is 5.44. The Balaban J connectivity index is 2.64. The third-order valence-corrected chi connectivity index (χ3v) is 2.98. The standard InChI is InChI=1S/C11H20N4S/c1-8-7-13-11(12-3)15-10(8)14-9(2)5-6-16-4/h7,9H,5-6H2,1-4H3,(H2,12,13,14,15). The molecule has 1 rings (SSSR count). The van der Waals surface area contributed by atoms with E-state index in [0.29, 0.717) is 12.0 Å². The van der Waals surface area contributed by atoms with Crippen molar-refractivity contribution in [3.05, 3.63) is 11.8 Å². The van der Waals surface area contributed by atoms with Crippen molar-refractivity contribution in [2.75, 3.05) is 29.7 Å². The molecule has 1 unspecified atom stereocenters. The van der Waals surface area contributed by atoms with Gasteiger partial charge in [-0.1, -0.05) is 0 Å². The van der Waals surface area contributed by atoms with Crippen LogP contribution in [0.4, 0.5) is 11.8 Å². The highest BCUT2D eigenvalue weighted by atomic mass is 32.2. The molecule has 0 radical (unpaired) electrons.